The van der Waals surface area contributed by atoms with Gasteiger partial charge in [-0.25, -0.2) is 0 Å². The number of carboxylic acid groups (broad SMARTS) is 2. The number of aliphatic carboxylic acids is 2. The zero-order chi connectivity index (χ0) is 19.9. The summed E-state index contributed by atoms with van der Waals surface area (Å²) >= 11 is 0. The minimum Gasteiger partial charge on any atom is -0.481 e. The second kappa shape index (κ2) is 18.8. The maximum atomic E-state index is 10.2. The molecule has 3 N–H and O–H groups in total. The zero-order valence-electron chi connectivity index (χ0n) is 16.5. The van der Waals surface area contributed by atoms with Crippen molar-refractivity contribution in [1.29, 1.82) is 0 Å². The van der Waals surface area contributed by atoms with Crippen molar-refractivity contribution in [3.8, 4) is 0 Å². The van der Waals surface area contributed by atoms with Gasteiger partial charge in [0, 0.05) is 0 Å². The van der Waals surface area contributed by atoms with Gasteiger partial charge in [0.15, 0.2) is 5.25 Å². The normalized spacial score (nSPS) is 11.9. The fourth-order valence-electron chi connectivity index (χ4n) is 2.36. The Labute approximate surface area is 200 Å². The molecular weight excluding hydrogens is 387 g/mol. The molecule has 0 radical (unpaired) electrons. The molecule has 0 spiro atoms. The summed E-state index contributed by atoms with van der Waals surface area (Å²) in [6.45, 7) is 6.87. The summed E-state index contributed by atoms with van der Waals surface area (Å²) in [7, 11) is -4.84. The maximum absolute atomic E-state index is 10.2. The van der Waals surface area contributed by atoms with E-state index in [0.717, 1.165) is 0 Å². The van der Waals surface area contributed by atoms with E-state index in [1.807, 2.05) is 5.92 Å². The van der Waals surface area contributed by atoms with Crippen LogP contribution in [0.2, 0.25) is 0 Å². The molecule has 0 bridgehead atoms. The van der Waals surface area contributed by atoms with Gasteiger partial charge >= 0.3 is 63.3 Å². The predicted molar refractivity (Wildman–Crippen MR) is 97.0 cm³/mol. The Balaban J connectivity index is -0.000000393. The van der Waals surface area contributed by atoms with Crippen LogP contribution in [-0.4, -0.2) is 40.4 Å². The second-order valence-electron chi connectivity index (χ2n) is 6.00. The molecule has 150 valence electrons. The van der Waals surface area contributed by atoms with Crippen LogP contribution in [0.4, 0.5) is 0 Å². The van der Waals surface area contributed by atoms with Gasteiger partial charge in [0.2, 0.25) is 0 Å². The average Bonchev–Trinajstić information content (AvgIpc) is 2.49. The minimum absolute atomic E-state index is 0. The van der Waals surface area contributed by atoms with E-state index in [1.165, 1.54) is 57.8 Å². The van der Waals surface area contributed by atoms with Crippen LogP contribution in [0.15, 0.2) is 0 Å². The van der Waals surface area contributed by atoms with E-state index in [2.05, 4.69) is 20.8 Å². The first kappa shape index (κ1) is 31.2. The summed E-state index contributed by atoms with van der Waals surface area (Å²) in [6, 6.07) is 0. The van der Waals surface area contributed by atoms with Crippen LogP contribution in [0.3, 0.4) is 0 Å². The average molecular weight is 421 g/mol. The Bertz CT molecular complexity index is 460. The van der Waals surface area contributed by atoms with Crippen LogP contribution in [-0.2, 0) is 19.7 Å². The third kappa shape index (κ3) is 19.3. The zero-order valence-corrected chi connectivity index (χ0v) is 20.5. The molecule has 9 heteroatoms. The summed E-state index contributed by atoms with van der Waals surface area (Å²) in [5.41, 5.74) is 0. The summed E-state index contributed by atoms with van der Waals surface area (Å²) in [4.78, 5) is 20.0. The van der Waals surface area contributed by atoms with Crippen LogP contribution in [0, 0.1) is 5.92 Å². The second-order valence-corrected chi connectivity index (χ2v) is 7.60. The van der Waals surface area contributed by atoms with Crippen molar-refractivity contribution >= 4 is 22.1 Å². The summed E-state index contributed by atoms with van der Waals surface area (Å²) in [6.07, 6.45) is 11.3. The first-order valence-electron chi connectivity index (χ1n) is 8.84. The molecule has 0 aliphatic carbocycles. The van der Waals surface area contributed by atoms with Crippen LogP contribution >= 0.6 is 0 Å². The van der Waals surface area contributed by atoms with Crippen LogP contribution < -0.4 is 51.4 Å². The number of hydrogen-bond acceptors (Lipinski definition) is 4. The quantitative estimate of drug-likeness (QED) is 0.175. The fraction of sp³-hybridized carbons (Fsp3) is 0.824. The van der Waals surface area contributed by atoms with Gasteiger partial charge in [-0.05, 0) is 0 Å². The third-order valence-corrected chi connectivity index (χ3v) is 4.67. The van der Waals surface area contributed by atoms with E-state index in [1.54, 1.807) is 0 Å². The topological polar surface area (TPSA) is 129 Å². The Morgan fingerprint density at radius 3 is 1.65 bits per heavy atom. The molecule has 0 aromatic heterocycles. The number of carboxylic acids is 2. The number of rotatable bonds is 13. The fourth-order valence-corrected chi connectivity index (χ4v) is 2.97. The Hall–Kier alpha value is 0.486. The summed E-state index contributed by atoms with van der Waals surface area (Å²) < 4.78 is 28.7. The molecule has 0 amide bonds. The van der Waals surface area contributed by atoms with Gasteiger partial charge < -0.3 is 16.1 Å². The van der Waals surface area contributed by atoms with Gasteiger partial charge in [-0.15, -0.1) is 0 Å². The monoisotopic (exact) mass is 420 g/mol. The largest absolute Gasteiger partial charge is 1.00 e. The molecular formula is C17H33KO7S. The molecule has 26 heavy (non-hydrogen) atoms. The Morgan fingerprint density at radius 1 is 0.885 bits per heavy atom. The maximum Gasteiger partial charge on any atom is 1.00 e. The van der Waals surface area contributed by atoms with Crippen molar-refractivity contribution in [1.82, 2.24) is 0 Å². The molecule has 0 rings (SSSR count). The van der Waals surface area contributed by atoms with E-state index >= 15 is 0 Å². The first-order chi connectivity index (χ1) is 11.6. The molecule has 0 saturated carbocycles. The van der Waals surface area contributed by atoms with Gasteiger partial charge in [-0.1, -0.05) is 59.3 Å². The molecule has 1 unspecified atom stereocenters. The number of carbonyl (C=O) groups is 2. The van der Waals surface area contributed by atoms with Gasteiger partial charge in [0.05, 0.1) is 6.42 Å². The van der Waals surface area contributed by atoms with E-state index < -0.39 is 33.7 Å². The Kier molecular flexibility index (Phi) is 22.6. The Morgan fingerprint density at radius 2 is 1.38 bits per heavy atom. The van der Waals surface area contributed by atoms with E-state index in [9.17, 15) is 18.0 Å². The molecule has 0 saturated heterocycles. The molecule has 0 aliphatic rings. The third-order valence-electron chi connectivity index (χ3n) is 3.59. The first-order valence-corrected chi connectivity index (χ1v) is 10.3. The molecule has 0 heterocycles. The predicted octanol–water partition coefficient (Wildman–Crippen LogP) is 0.938. The summed E-state index contributed by atoms with van der Waals surface area (Å²) in [5.74, 6) is -1.68. The van der Waals surface area contributed by atoms with Gasteiger partial charge in [0.25, 0.3) is 10.1 Å². The minimum atomic E-state index is -4.84. The van der Waals surface area contributed by atoms with E-state index in [4.69, 9.17) is 14.8 Å². The molecule has 7 nitrogen and oxygen atoms in total. The molecule has 0 fully saturated rings. The van der Waals surface area contributed by atoms with Gasteiger partial charge in [0.1, 0.15) is 0 Å². The van der Waals surface area contributed by atoms with Crippen molar-refractivity contribution in [2.45, 2.75) is 90.2 Å². The standard InChI is InChI=1S/C13H27.C4H6O7S.K/c1-4-7-8-9-12-13(10-5-2)11-6-3;5-3(6)1-2(4(7)8)12(9,10)11;/h4-12H2,1-3H3;2H,1H2,(H,5,6)(H,7,8)(H,9,10,11);/q-1;;+1. The van der Waals surface area contributed by atoms with Crippen molar-refractivity contribution in [3.05, 3.63) is 5.92 Å². The molecule has 0 aromatic carbocycles. The summed E-state index contributed by atoms with van der Waals surface area (Å²) in [5, 5.41) is 13.9. The SMILES string of the molecule is CCCCCC[C-](CCC)CCC.O=C(O)CC(C(=O)O)S(=O)(=O)O.[K+]. The molecule has 0 aromatic rings. The van der Waals surface area contributed by atoms with Crippen molar-refractivity contribution < 1.29 is 84.2 Å². The van der Waals surface area contributed by atoms with Crippen LogP contribution in [0.25, 0.3) is 0 Å². The van der Waals surface area contributed by atoms with E-state index in [-0.39, 0.29) is 51.4 Å². The van der Waals surface area contributed by atoms with Crippen LogP contribution in [0.1, 0.15) is 85.0 Å². The van der Waals surface area contributed by atoms with E-state index in [0.29, 0.717) is 0 Å². The van der Waals surface area contributed by atoms with Gasteiger partial charge in [-0.3, -0.25) is 14.1 Å². The molecule has 0 aliphatic heterocycles. The van der Waals surface area contributed by atoms with Crippen molar-refractivity contribution in [3.63, 3.8) is 0 Å². The van der Waals surface area contributed by atoms with Gasteiger partial charge in [-0.2, -0.15) is 27.7 Å². The molecule has 1 atom stereocenters. The van der Waals surface area contributed by atoms with Crippen molar-refractivity contribution in [2.24, 2.45) is 0 Å². The number of hydrogen-bond donors (Lipinski definition) is 3. The van der Waals surface area contributed by atoms with Crippen molar-refractivity contribution in [2.75, 3.05) is 0 Å². The van der Waals surface area contributed by atoms with Crippen LogP contribution in [0.5, 0.6) is 0 Å². The number of unbranched alkanes of at least 4 members (excludes halogenated alkanes) is 3. The smallest absolute Gasteiger partial charge is 0.481 e.